The molecule has 0 spiro atoms. The number of carbonyl (C=O) groups is 1. The number of rotatable bonds is 6. The Morgan fingerprint density at radius 2 is 2.06 bits per heavy atom. The Labute approximate surface area is 202 Å². The van der Waals surface area contributed by atoms with Gasteiger partial charge in [0.05, 0.1) is 45.9 Å². The number of aromatic nitrogens is 3. The fraction of sp³-hybridized carbons (Fsp3) is 0.458. The van der Waals surface area contributed by atoms with Gasteiger partial charge in [0.15, 0.2) is 11.4 Å². The highest BCUT2D eigenvalue weighted by molar-refractivity contribution is 5.84. The van der Waals surface area contributed by atoms with E-state index in [1.165, 1.54) is 0 Å². The summed E-state index contributed by atoms with van der Waals surface area (Å²) in [6.07, 6.45) is 3.49. The van der Waals surface area contributed by atoms with Crippen LogP contribution in [-0.4, -0.2) is 91.8 Å². The molecule has 3 aromatic rings. The minimum atomic E-state index is -0.531. The number of anilines is 1. The summed E-state index contributed by atoms with van der Waals surface area (Å²) in [5.74, 6) is 1.44. The van der Waals surface area contributed by atoms with Gasteiger partial charge in [-0.2, -0.15) is 10.1 Å². The van der Waals surface area contributed by atoms with Gasteiger partial charge in [0.2, 0.25) is 0 Å². The summed E-state index contributed by atoms with van der Waals surface area (Å²) in [4.78, 5) is 19.7. The molecule has 0 radical (unpaired) electrons. The lowest BCUT2D eigenvalue weighted by Gasteiger charge is -2.25. The summed E-state index contributed by atoms with van der Waals surface area (Å²) >= 11 is 0. The zero-order valence-electron chi connectivity index (χ0n) is 20.0. The van der Waals surface area contributed by atoms with Crippen LogP contribution in [0.2, 0.25) is 0 Å². The number of benzene rings is 1. The maximum Gasteiger partial charge on any atom is 0.260 e. The summed E-state index contributed by atoms with van der Waals surface area (Å²) in [6, 6.07) is 5.69. The number of hydrogen-bond donors (Lipinski definition) is 1. The molecule has 35 heavy (non-hydrogen) atoms. The van der Waals surface area contributed by atoms with Crippen LogP contribution in [0.4, 0.5) is 5.69 Å². The summed E-state index contributed by atoms with van der Waals surface area (Å²) in [5.41, 5.74) is 3.22. The third kappa shape index (κ3) is 4.56. The zero-order chi connectivity index (χ0) is 24.4. The molecule has 2 atom stereocenters. The minimum Gasteiger partial charge on any atom is -0.497 e. The molecule has 2 aliphatic rings. The van der Waals surface area contributed by atoms with Crippen molar-refractivity contribution >= 4 is 17.2 Å². The Kier molecular flexibility index (Phi) is 6.60. The SMILES string of the molecule is COCCOC1C[C@H]2COc3nc4c(cnn4cc3OC)-c3cc(cc(OC)c3)NCCN2C1=O. The molecule has 1 amide bonds. The lowest BCUT2D eigenvalue weighted by Crippen LogP contribution is -2.41. The van der Waals surface area contributed by atoms with Crippen LogP contribution in [-0.2, 0) is 14.3 Å². The molecule has 0 saturated carbocycles. The van der Waals surface area contributed by atoms with Crippen molar-refractivity contribution in [2.45, 2.75) is 18.6 Å². The predicted octanol–water partition coefficient (Wildman–Crippen LogP) is 1.85. The van der Waals surface area contributed by atoms with Crippen LogP contribution < -0.4 is 19.5 Å². The normalized spacial score (nSPS) is 19.7. The first-order valence-corrected chi connectivity index (χ1v) is 11.5. The fourth-order valence-electron chi connectivity index (χ4n) is 4.50. The number of fused-ring (bicyclic) bond motifs is 5. The molecule has 1 aromatic carbocycles. The van der Waals surface area contributed by atoms with E-state index < -0.39 is 6.10 Å². The van der Waals surface area contributed by atoms with Crippen LogP contribution in [0, 0.1) is 0 Å². The molecule has 11 nitrogen and oxygen atoms in total. The van der Waals surface area contributed by atoms with E-state index in [0.29, 0.717) is 55.8 Å². The lowest BCUT2D eigenvalue weighted by molar-refractivity contribution is -0.138. The molecule has 1 fully saturated rings. The van der Waals surface area contributed by atoms with Crippen molar-refractivity contribution in [3.63, 3.8) is 0 Å². The van der Waals surface area contributed by atoms with Gasteiger partial charge >= 0.3 is 0 Å². The second kappa shape index (κ2) is 9.96. The smallest absolute Gasteiger partial charge is 0.260 e. The number of nitrogens with one attached hydrogen (secondary N) is 1. The third-order valence-electron chi connectivity index (χ3n) is 6.29. The van der Waals surface area contributed by atoms with E-state index in [1.807, 2.05) is 23.1 Å². The zero-order valence-corrected chi connectivity index (χ0v) is 20.0. The highest BCUT2D eigenvalue weighted by Gasteiger charge is 2.40. The van der Waals surface area contributed by atoms with Gasteiger partial charge in [-0.05, 0) is 17.7 Å². The first kappa shape index (κ1) is 23.2. The van der Waals surface area contributed by atoms with E-state index in [9.17, 15) is 4.79 Å². The lowest BCUT2D eigenvalue weighted by atomic mass is 10.1. The van der Waals surface area contributed by atoms with E-state index >= 15 is 0 Å². The predicted molar refractivity (Wildman–Crippen MR) is 127 cm³/mol. The summed E-state index contributed by atoms with van der Waals surface area (Å²) in [6.45, 7) is 2.09. The molecule has 4 heterocycles. The maximum absolute atomic E-state index is 13.1. The Morgan fingerprint density at radius 3 is 2.86 bits per heavy atom. The Bertz CT molecular complexity index is 1210. The first-order chi connectivity index (χ1) is 17.1. The monoisotopic (exact) mass is 483 g/mol. The van der Waals surface area contributed by atoms with Crippen LogP contribution in [0.3, 0.4) is 0 Å². The van der Waals surface area contributed by atoms with E-state index in [0.717, 1.165) is 16.8 Å². The molecule has 1 saturated heterocycles. The Morgan fingerprint density at radius 1 is 1.17 bits per heavy atom. The van der Waals surface area contributed by atoms with Gasteiger partial charge in [0.25, 0.3) is 11.8 Å². The van der Waals surface area contributed by atoms with Crippen molar-refractivity contribution in [3.8, 4) is 28.5 Å². The molecular formula is C24H29N5O6. The van der Waals surface area contributed by atoms with Gasteiger partial charge in [-0.1, -0.05) is 0 Å². The van der Waals surface area contributed by atoms with Gasteiger partial charge in [-0.15, -0.1) is 0 Å². The maximum atomic E-state index is 13.1. The van der Waals surface area contributed by atoms with Crippen molar-refractivity contribution in [1.29, 1.82) is 0 Å². The van der Waals surface area contributed by atoms with Crippen molar-refractivity contribution in [1.82, 2.24) is 19.5 Å². The molecule has 1 unspecified atom stereocenters. The molecule has 2 aliphatic heterocycles. The molecule has 0 aliphatic carbocycles. The van der Waals surface area contributed by atoms with Crippen molar-refractivity contribution in [3.05, 3.63) is 30.6 Å². The van der Waals surface area contributed by atoms with Crippen LogP contribution in [0.15, 0.2) is 30.6 Å². The minimum absolute atomic E-state index is 0.0524. The first-order valence-electron chi connectivity index (χ1n) is 11.5. The molecule has 186 valence electrons. The number of ether oxygens (including phenoxy) is 5. The Hall–Kier alpha value is -3.57. The summed E-state index contributed by atoms with van der Waals surface area (Å²) < 4.78 is 29.7. The summed E-state index contributed by atoms with van der Waals surface area (Å²) in [7, 11) is 4.79. The number of hydrogen-bond acceptors (Lipinski definition) is 9. The van der Waals surface area contributed by atoms with E-state index in [1.54, 1.807) is 38.2 Å². The van der Waals surface area contributed by atoms with Gasteiger partial charge in [0, 0.05) is 43.9 Å². The van der Waals surface area contributed by atoms with Gasteiger partial charge in [0.1, 0.15) is 18.5 Å². The number of nitrogens with zero attached hydrogens (tertiary/aromatic N) is 4. The quantitative estimate of drug-likeness (QED) is 0.526. The molecule has 2 aromatic heterocycles. The second-order valence-electron chi connectivity index (χ2n) is 8.40. The standard InChI is InChI=1S/C24H29N5O6/c1-31-6-7-34-20-11-17-14-35-23-21(33-3)13-29-22(27-23)19(12-26-29)15-8-16(10-18(9-15)32-2)25-4-5-28(17)24(20)30/h8-10,12-13,17,20,25H,4-7,11,14H2,1-3H3/t17-,20?/m0/s1. The third-order valence-corrected chi connectivity index (χ3v) is 6.29. The fourth-order valence-corrected chi connectivity index (χ4v) is 4.50. The Balaban J connectivity index is 1.53. The van der Waals surface area contributed by atoms with Crippen LogP contribution in [0.1, 0.15) is 6.42 Å². The average molecular weight is 484 g/mol. The summed E-state index contributed by atoms with van der Waals surface area (Å²) in [5, 5.41) is 7.87. The van der Waals surface area contributed by atoms with Gasteiger partial charge in [-0.25, -0.2) is 4.52 Å². The van der Waals surface area contributed by atoms with Gasteiger partial charge in [-0.3, -0.25) is 4.79 Å². The largest absolute Gasteiger partial charge is 0.497 e. The van der Waals surface area contributed by atoms with Crippen LogP contribution in [0.25, 0.3) is 16.8 Å². The van der Waals surface area contributed by atoms with E-state index in [-0.39, 0.29) is 18.6 Å². The average Bonchev–Trinajstić information content (AvgIpc) is 3.42. The molecule has 11 heteroatoms. The van der Waals surface area contributed by atoms with Crippen LogP contribution in [0.5, 0.6) is 17.4 Å². The molecule has 4 bridgehead atoms. The van der Waals surface area contributed by atoms with Gasteiger partial charge < -0.3 is 33.9 Å². The van der Waals surface area contributed by atoms with Crippen molar-refractivity contribution in [2.24, 2.45) is 0 Å². The van der Waals surface area contributed by atoms with Crippen molar-refractivity contribution < 1.29 is 28.5 Å². The number of methoxy groups -OCH3 is 3. The molecular weight excluding hydrogens is 454 g/mol. The second-order valence-corrected chi connectivity index (χ2v) is 8.40. The van der Waals surface area contributed by atoms with E-state index in [2.05, 4.69) is 10.4 Å². The number of amides is 1. The van der Waals surface area contributed by atoms with Crippen LogP contribution >= 0.6 is 0 Å². The topological polar surface area (TPSA) is 109 Å². The molecule has 1 N–H and O–H groups in total. The molecule has 5 rings (SSSR count). The highest BCUT2D eigenvalue weighted by atomic mass is 16.5. The number of carbonyl (C=O) groups excluding carboxylic acids is 1. The van der Waals surface area contributed by atoms with E-state index in [4.69, 9.17) is 28.7 Å². The highest BCUT2D eigenvalue weighted by Crippen LogP contribution is 2.34. The van der Waals surface area contributed by atoms with Crippen molar-refractivity contribution in [2.75, 3.05) is 59.6 Å².